The molecule has 0 radical (unpaired) electrons. The highest BCUT2D eigenvalue weighted by molar-refractivity contribution is 5.87. The van der Waals surface area contributed by atoms with Crippen molar-refractivity contribution in [2.45, 2.75) is 26.2 Å². The van der Waals surface area contributed by atoms with Gasteiger partial charge < -0.3 is 4.74 Å². The van der Waals surface area contributed by atoms with Crippen LogP contribution in [0.2, 0.25) is 0 Å². The van der Waals surface area contributed by atoms with E-state index < -0.39 is 0 Å². The minimum atomic E-state index is -0.316. The third-order valence-electron chi connectivity index (χ3n) is 3.70. The third-order valence-corrected chi connectivity index (χ3v) is 3.70. The van der Waals surface area contributed by atoms with E-state index in [1.54, 1.807) is 24.4 Å². The van der Waals surface area contributed by atoms with Crippen LogP contribution in [0.1, 0.15) is 42.9 Å². The molecule has 0 atom stereocenters. The number of hydrogen-bond acceptors (Lipinski definition) is 4. The number of rotatable bonds is 8. The molecule has 2 aromatic rings. The van der Waals surface area contributed by atoms with Gasteiger partial charge in [-0.2, -0.15) is 5.26 Å². The lowest BCUT2D eigenvalue weighted by Crippen LogP contribution is -2.01. The van der Waals surface area contributed by atoms with Crippen molar-refractivity contribution in [3.8, 4) is 6.07 Å². The summed E-state index contributed by atoms with van der Waals surface area (Å²) in [6.07, 6.45) is 8.01. The van der Waals surface area contributed by atoms with Gasteiger partial charge in [0.15, 0.2) is 0 Å². The van der Waals surface area contributed by atoms with Gasteiger partial charge in [-0.25, -0.2) is 4.79 Å². The number of nitrogens with zero attached hydrogens (tertiary/aromatic N) is 2. The van der Waals surface area contributed by atoms with E-state index in [0.29, 0.717) is 12.2 Å². The number of ether oxygens (including phenoxy) is 1. The second kappa shape index (κ2) is 10.6. The van der Waals surface area contributed by atoms with E-state index in [1.807, 2.05) is 36.4 Å². The van der Waals surface area contributed by atoms with Gasteiger partial charge in [0.05, 0.1) is 23.9 Å². The molecule has 0 fully saturated rings. The van der Waals surface area contributed by atoms with Crippen LogP contribution in [0.4, 0.5) is 5.69 Å². The van der Waals surface area contributed by atoms with E-state index in [2.05, 4.69) is 18.0 Å². The van der Waals surface area contributed by atoms with Crippen LogP contribution in [-0.2, 0) is 9.53 Å². The SMILES string of the molecule is CCCCCOC(=O)C=Cc1ccc(N=Cc2ccc(C#N)cc2)cc1. The van der Waals surface area contributed by atoms with Crippen LogP contribution in [0.5, 0.6) is 0 Å². The summed E-state index contributed by atoms with van der Waals surface area (Å²) < 4.78 is 5.12. The number of aliphatic imine (C=N–C) groups is 1. The van der Waals surface area contributed by atoms with Gasteiger partial charge in [-0.1, -0.05) is 44.0 Å². The maximum absolute atomic E-state index is 11.6. The third kappa shape index (κ3) is 6.74. The number of carbonyl (C=O) groups excluding carboxylic acids is 1. The van der Waals surface area contributed by atoms with Crippen molar-refractivity contribution in [2.75, 3.05) is 6.61 Å². The summed E-state index contributed by atoms with van der Waals surface area (Å²) >= 11 is 0. The molecule has 0 amide bonds. The first-order valence-electron chi connectivity index (χ1n) is 8.70. The Morgan fingerprint density at radius 2 is 1.77 bits per heavy atom. The molecule has 4 heteroatoms. The van der Waals surface area contributed by atoms with Crippen LogP contribution in [0.15, 0.2) is 59.6 Å². The Kier molecular flexibility index (Phi) is 7.82. The van der Waals surface area contributed by atoms with Crippen molar-refractivity contribution in [3.05, 3.63) is 71.3 Å². The molecule has 0 aromatic heterocycles. The van der Waals surface area contributed by atoms with Crippen LogP contribution in [0.25, 0.3) is 6.08 Å². The molecule has 0 heterocycles. The molecule has 0 N–H and O–H groups in total. The number of benzene rings is 2. The van der Waals surface area contributed by atoms with Gasteiger partial charge in [0, 0.05) is 12.3 Å². The number of nitriles is 1. The lowest BCUT2D eigenvalue weighted by molar-refractivity contribution is -0.137. The molecule has 0 aliphatic heterocycles. The molecule has 0 saturated heterocycles. The Morgan fingerprint density at radius 1 is 1.08 bits per heavy atom. The van der Waals surface area contributed by atoms with Crippen LogP contribution < -0.4 is 0 Å². The van der Waals surface area contributed by atoms with E-state index in [0.717, 1.165) is 36.1 Å². The zero-order valence-corrected chi connectivity index (χ0v) is 14.9. The number of carbonyl (C=O) groups is 1. The molecule has 0 aliphatic carbocycles. The Balaban J connectivity index is 1.87. The fraction of sp³-hybridized carbons (Fsp3) is 0.227. The lowest BCUT2D eigenvalue weighted by Gasteiger charge is -2.00. The zero-order chi connectivity index (χ0) is 18.6. The summed E-state index contributed by atoms with van der Waals surface area (Å²) in [4.78, 5) is 16.0. The Bertz CT molecular complexity index is 798. The number of unbranched alkanes of at least 4 members (excludes halogenated alkanes) is 2. The second-order valence-corrected chi connectivity index (χ2v) is 5.79. The summed E-state index contributed by atoms with van der Waals surface area (Å²) in [7, 11) is 0. The van der Waals surface area contributed by atoms with Gasteiger partial charge >= 0.3 is 5.97 Å². The molecule has 0 bridgehead atoms. The van der Waals surface area contributed by atoms with Gasteiger partial charge in [0.25, 0.3) is 0 Å². The van der Waals surface area contributed by atoms with Crippen LogP contribution >= 0.6 is 0 Å². The lowest BCUT2D eigenvalue weighted by atomic mass is 10.1. The standard InChI is InChI=1S/C22H22N2O2/c1-2-3-4-15-26-22(25)14-11-18-9-12-21(13-10-18)24-17-20-7-5-19(16-23)6-8-20/h5-14,17H,2-4,15H2,1H3. The predicted molar refractivity (Wildman–Crippen MR) is 104 cm³/mol. The highest BCUT2D eigenvalue weighted by Crippen LogP contribution is 2.14. The molecule has 132 valence electrons. The molecule has 0 spiro atoms. The van der Waals surface area contributed by atoms with E-state index in [-0.39, 0.29) is 5.97 Å². The van der Waals surface area contributed by atoms with Crippen molar-refractivity contribution in [1.82, 2.24) is 0 Å². The van der Waals surface area contributed by atoms with E-state index in [4.69, 9.17) is 10.00 Å². The minimum absolute atomic E-state index is 0.316. The van der Waals surface area contributed by atoms with E-state index in [9.17, 15) is 4.79 Å². The summed E-state index contributed by atoms with van der Waals surface area (Å²) in [5.41, 5.74) is 3.28. The normalized spacial score (nSPS) is 10.9. The molecular formula is C22H22N2O2. The van der Waals surface area contributed by atoms with Crippen molar-refractivity contribution in [3.63, 3.8) is 0 Å². The molecule has 2 rings (SSSR count). The maximum atomic E-state index is 11.6. The zero-order valence-electron chi connectivity index (χ0n) is 14.9. The smallest absolute Gasteiger partial charge is 0.330 e. The molecule has 2 aromatic carbocycles. The Labute approximate surface area is 154 Å². The monoisotopic (exact) mass is 346 g/mol. The van der Waals surface area contributed by atoms with Gasteiger partial charge in [0.1, 0.15) is 0 Å². The van der Waals surface area contributed by atoms with Gasteiger partial charge in [0.2, 0.25) is 0 Å². The van der Waals surface area contributed by atoms with Crippen molar-refractivity contribution >= 4 is 23.9 Å². The first-order valence-corrected chi connectivity index (χ1v) is 8.70. The van der Waals surface area contributed by atoms with E-state index in [1.165, 1.54) is 6.08 Å². The van der Waals surface area contributed by atoms with E-state index >= 15 is 0 Å². The Hall–Kier alpha value is -3.19. The average molecular weight is 346 g/mol. The van der Waals surface area contributed by atoms with Crippen LogP contribution in [-0.4, -0.2) is 18.8 Å². The van der Waals surface area contributed by atoms with Gasteiger partial charge in [-0.3, -0.25) is 4.99 Å². The average Bonchev–Trinajstić information content (AvgIpc) is 2.69. The second-order valence-electron chi connectivity index (χ2n) is 5.79. The van der Waals surface area contributed by atoms with Crippen molar-refractivity contribution < 1.29 is 9.53 Å². The highest BCUT2D eigenvalue weighted by Gasteiger charge is 1.97. The summed E-state index contributed by atoms with van der Waals surface area (Å²) in [6.45, 7) is 2.58. The van der Waals surface area contributed by atoms with Crippen LogP contribution in [0, 0.1) is 11.3 Å². The molecule has 0 unspecified atom stereocenters. The fourth-order valence-electron chi connectivity index (χ4n) is 2.20. The topological polar surface area (TPSA) is 62.4 Å². The maximum Gasteiger partial charge on any atom is 0.330 e. The summed E-state index contributed by atoms with van der Waals surface area (Å²) in [5, 5.41) is 8.79. The molecule has 26 heavy (non-hydrogen) atoms. The summed E-state index contributed by atoms with van der Waals surface area (Å²) in [5.74, 6) is -0.316. The van der Waals surface area contributed by atoms with Gasteiger partial charge in [-0.15, -0.1) is 0 Å². The number of esters is 1. The molecular weight excluding hydrogens is 324 g/mol. The van der Waals surface area contributed by atoms with Gasteiger partial charge in [-0.05, 0) is 47.9 Å². The molecule has 0 saturated carbocycles. The van der Waals surface area contributed by atoms with Crippen LogP contribution in [0.3, 0.4) is 0 Å². The Morgan fingerprint density at radius 3 is 2.42 bits per heavy atom. The number of hydrogen-bond donors (Lipinski definition) is 0. The first-order chi connectivity index (χ1) is 12.7. The minimum Gasteiger partial charge on any atom is -0.463 e. The summed E-state index contributed by atoms with van der Waals surface area (Å²) in [6, 6.07) is 16.9. The van der Waals surface area contributed by atoms with Crippen molar-refractivity contribution in [2.24, 2.45) is 4.99 Å². The first kappa shape index (κ1) is 19.1. The highest BCUT2D eigenvalue weighted by atomic mass is 16.5. The fourth-order valence-corrected chi connectivity index (χ4v) is 2.20. The molecule has 0 aliphatic rings. The predicted octanol–water partition coefficient (Wildman–Crippen LogP) is 5.06. The van der Waals surface area contributed by atoms with Crippen molar-refractivity contribution in [1.29, 1.82) is 5.26 Å². The quantitative estimate of drug-likeness (QED) is 0.291. The largest absolute Gasteiger partial charge is 0.463 e. The molecule has 4 nitrogen and oxygen atoms in total.